The van der Waals surface area contributed by atoms with Crippen molar-refractivity contribution in [2.45, 2.75) is 18.9 Å². The summed E-state index contributed by atoms with van der Waals surface area (Å²) in [6, 6.07) is 14.1. The molecule has 0 fully saturated rings. The van der Waals surface area contributed by atoms with E-state index in [0.29, 0.717) is 36.7 Å². The van der Waals surface area contributed by atoms with Gasteiger partial charge < -0.3 is 25.0 Å². The highest BCUT2D eigenvalue weighted by atomic mass is 19.1. The van der Waals surface area contributed by atoms with Crippen molar-refractivity contribution >= 4 is 17.5 Å². The molecule has 8 nitrogen and oxygen atoms in total. The molecule has 0 saturated heterocycles. The number of allylic oxidation sites excluding steroid dienone is 2. The summed E-state index contributed by atoms with van der Waals surface area (Å²) in [6.07, 6.45) is 11.2. The summed E-state index contributed by atoms with van der Waals surface area (Å²) in [5, 5.41) is 5.90. The van der Waals surface area contributed by atoms with Crippen LogP contribution in [0.4, 0.5) is 20.7 Å². The molecule has 2 aromatic carbocycles. The number of aromatic nitrogens is 1. The van der Waals surface area contributed by atoms with Crippen molar-refractivity contribution in [3.05, 3.63) is 102 Å². The van der Waals surface area contributed by atoms with Gasteiger partial charge in [0.2, 0.25) is 0 Å². The molecule has 0 saturated carbocycles. The molecule has 9 heteroatoms. The van der Waals surface area contributed by atoms with Gasteiger partial charge in [-0.1, -0.05) is 24.3 Å². The fourth-order valence-electron chi connectivity index (χ4n) is 5.21. The molecule has 2 aliphatic heterocycles. The van der Waals surface area contributed by atoms with Crippen LogP contribution in [0.3, 0.4) is 0 Å². The number of hydrogen-bond acceptors (Lipinski definition) is 6. The SMILES string of the molecule is COc1cc2c(cc1OC)C(Cc1ccc(F)cc1)N(CCNC(=O)Nc1ccnc(N3C=CC=CC3)c1)CC2. The maximum Gasteiger partial charge on any atom is 0.319 e. The van der Waals surface area contributed by atoms with Gasteiger partial charge >= 0.3 is 6.03 Å². The molecule has 40 heavy (non-hydrogen) atoms. The van der Waals surface area contributed by atoms with Crippen LogP contribution in [0.1, 0.15) is 22.7 Å². The van der Waals surface area contributed by atoms with Gasteiger partial charge in [-0.15, -0.1) is 0 Å². The number of hydrogen-bond donors (Lipinski definition) is 2. The second-order valence-electron chi connectivity index (χ2n) is 9.74. The number of carbonyl (C=O) groups is 1. The van der Waals surface area contributed by atoms with Gasteiger partial charge in [-0.25, -0.2) is 14.2 Å². The molecule has 208 valence electrons. The number of nitrogens with one attached hydrogen (secondary N) is 2. The molecular formula is C31H34FN5O3. The summed E-state index contributed by atoms with van der Waals surface area (Å²) in [7, 11) is 3.27. The van der Waals surface area contributed by atoms with E-state index in [1.165, 1.54) is 17.7 Å². The first kappa shape index (κ1) is 27.2. The lowest BCUT2D eigenvalue weighted by Gasteiger charge is -2.38. The molecule has 2 aliphatic rings. The first-order chi connectivity index (χ1) is 19.5. The van der Waals surface area contributed by atoms with Gasteiger partial charge in [0, 0.05) is 56.4 Å². The molecule has 3 aromatic rings. The largest absolute Gasteiger partial charge is 0.493 e. The van der Waals surface area contributed by atoms with Crippen molar-refractivity contribution in [1.29, 1.82) is 0 Å². The van der Waals surface area contributed by atoms with Crippen molar-refractivity contribution in [2.24, 2.45) is 0 Å². The molecule has 2 amide bonds. The Kier molecular flexibility index (Phi) is 8.61. The molecule has 1 aromatic heterocycles. The van der Waals surface area contributed by atoms with E-state index >= 15 is 0 Å². The molecule has 3 heterocycles. The van der Waals surface area contributed by atoms with E-state index in [0.717, 1.165) is 36.5 Å². The van der Waals surface area contributed by atoms with Gasteiger partial charge in [0.05, 0.1) is 14.2 Å². The van der Waals surface area contributed by atoms with Crippen LogP contribution in [0.5, 0.6) is 11.5 Å². The zero-order chi connectivity index (χ0) is 27.9. The molecule has 1 atom stereocenters. The first-order valence-corrected chi connectivity index (χ1v) is 13.4. The van der Waals surface area contributed by atoms with Crippen molar-refractivity contribution in [3.63, 3.8) is 0 Å². The summed E-state index contributed by atoms with van der Waals surface area (Å²) >= 11 is 0. The second kappa shape index (κ2) is 12.7. The summed E-state index contributed by atoms with van der Waals surface area (Å²) in [6.45, 7) is 2.67. The Morgan fingerprint density at radius 3 is 2.62 bits per heavy atom. The van der Waals surface area contributed by atoms with Gasteiger partial charge in [-0.3, -0.25) is 4.90 Å². The predicted octanol–water partition coefficient (Wildman–Crippen LogP) is 5.09. The van der Waals surface area contributed by atoms with Crippen molar-refractivity contribution in [1.82, 2.24) is 15.2 Å². The van der Waals surface area contributed by atoms with E-state index in [9.17, 15) is 9.18 Å². The quantitative estimate of drug-likeness (QED) is 0.392. The lowest BCUT2D eigenvalue weighted by atomic mass is 9.88. The predicted molar refractivity (Wildman–Crippen MR) is 155 cm³/mol. The number of benzene rings is 2. The Balaban J connectivity index is 1.25. The summed E-state index contributed by atoms with van der Waals surface area (Å²) < 4.78 is 24.7. The van der Waals surface area contributed by atoms with Crippen LogP contribution < -0.4 is 25.0 Å². The lowest BCUT2D eigenvalue weighted by molar-refractivity contribution is 0.183. The minimum absolute atomic E-state index is 0.0354. The van der Waals surface area contributed by atoms with Crippen LogP contribution in [-0.4, -0.2) is 56.3 Å². The highest BCUT2D eigenvalue weighted by molar-refractivity contribution is 5.89. The molecule has 2 N–H and O–H groups in total. The Bertz CT molecular complexity index is 1390. The highest BCUT2D eigenvalue weighted by Gasteiger charge is 2.29. The summed E-state index contributed by atoms with van der Waals surface area (Å²) in [5.74, 6) is 1.90. The first-order valence-electron chi connectivity index (χ1n) is 13.4. The van der Waals surface area contributed by atoms with Crippen LogP contribution >= 0.6 is 0 Å². The third kappa shape index (κ3) is 6.43. The summed E-state index contributed by atoms with van der Waals surface area (Å²) in [4.78, 5) is 21.5. The van der Waals surface area contributed by atoms with Crippen LogP contribution in [0.15, 0.2) is 79.2 Å². The standard InChI is InChI=1S/C31H34FN5O3/c1-39-28-19-23-11-16-36(27(26(23)21-29(28)40-2)18-22-6-8-24(32)9-7-22)17-13-34-31(38)35-25-10-12-33-30(20-25)37-14-4-3-5-15-37/h3-10,12,14,19-21,27H,11,13,15-18H2,1-2H3,(H2,33,34,35,38). The second-order valence-corrected chi connectivity index (χ2v) is 9.74. The van der Waals surface area contributed by atoms with E-state index in [1.54, 1.807) is 26.5 Å². The fourth-order valence-corrected chi connectivity index (χ4v) is 5.21. The average molecular weight is 544 g/mol. The van der Waals surface area contributed by atoms with Crippen LogP contribution in [0, 0.1) is 5.82 Å². The number of pyridine rings is 1. The third-order valence-corrected chi connectivity index (χ3v) is 7.25. The summed E-state index contributed by atoms with van der Waals surface area (Å²) in [5.41, 5.74) is 4.08. The molecule has 0 aliphatic carbocycles. The van der Waals surface area contributed by atoms with Gasteiger partial charge in [0.25, 0.3) is 0 Å². The maximum atomic E-state index is 13.6. The molecule has 1 unspecified atom stereocenters. The Hall–Kier alpha value is -4.37. The van der Waals surface area contributed by atoms with E-state index in [4.69, 9.17) is 9.47 Å². The number of amides is 2. The van der Waals surface area contributed by atoms with E-state index in [2.05, 4.69) is 20.5 Å². The number of fused-ring (bicyclic) bond motifs is 1. The minimum Gasteiger partial charge on any atom is -0.493 e. The number of methoxy groups -OCH3 is 2. The minimum atomic E-state index is -0.273. The Morgan fingerprint density at radius 2 is 1.88 bits per heavy atom. The average Bonchev–Trinajstić information content (AvgIpc) is 2.99. The van der Waals surface area contributed by atoms with Crippen LogP contribution in [-0.2, 0) is 12.8 Å². The molecule has 0 bridgehead atoms. The van der Waals surface area contributed by atoms with Crippen LogP contribution in [0.25, 0.3) is 0 Å². The molecule has 0 spiro atoms. The van der Waals surface area contributed by atoms with Crippen molar-refractivity contribution in [2.75, 3.05) is 50.6 Å². The lowest BCUT2D eigenvalue weighted by Crippen LogP contribution is -2.42. The highest BCUT2D eigenvalue weighted by Crippen LogP contribution is 2.39. The number of ether oxygens (including phenoxy) is 2. The Labute approximate surface area is 234 Å². The maximum absolute atomic E-state index is 13.6. The van der Waals surface area contributed by atoms with E-state index < -0.39 is 0 Å². The fraction of sp³-hybridized carbons (Fsp3) is 0.290. The molecular weight excluding hydrogens is 509 g/mol. The number of carbonyl (C=O) groups excluding carboxylic acids is 1. The van der Waals surface area contributed by atoms with E-state index in [1.807, 2.05) is 59.7 Å². The monoisotopic (exact) mass is 543 g/mol. The number of urea groups is 1. The van der Waals surface area contributed by atoms with E-state index in [-0.39, 0.29) is 17.9 Å². The zero-order valence-corrected chi connectivity index (χ0v) is 22.8. The third-order valence-electron chi connectivity index (χ3n) is 7.25. The van der Waals surface area contributed by atoms with Crippen molar-refractivity contribution < 1.29 is 18.7 Å². The van der Waals surface area contributed by atoms with Gasteiger partial charge in [-0.05, 0) is 65.9 Å². The number of halogens is 1. The van der Waals surface area contributed by atoms with Gasteiger partial charge in [0.1, 0.15) is 11.6 Å². The molecule has 5 rings (SSSR count). The smallest absolute Gasteiger partial charge is 0.319 e. The number of anilines is 2. The topological polar surface area (TPSA) is 79.0 Å². The Morgan fingerprint density at radius 1 is 1.07 bits per heavy atom. The zero-order valence-electron chi connectivity index (χ0n) is 22.8. The van der Waals surface area contributed by atoms with Gasteiger partial charge in [0.15, 0.2) is 11.5 Å². The number of rotatable bonds is 9. The van der Waals surface area contributed by atoms with Crippen LogP contribution in [0.2, 0.25) is 0 Å². The number of nitrogens with zero attached hydrogens (tertiary/aromatic N) is 3. The van der Waals surface area contributed by atoms with Gasteiger partial charge in [-0.2, -0.15) is 0 Å². The molecule has 0 radical (unpaired) electrons. The normalized spacial score (nSPS) is 16.4. The van der Waals surface area contributed by atoms with Crippen molar-refractivity contribution in [3.8, 4) is 11.5 Å².